The van der Waals surface area contributed by atoms with Crippen LogP contribution < -0.4 is 0 Å². The fourth-order valence-electron chi connectivity index (χ4n) is 4.40. The second kappa shape index (κ2) is 9.12. The number of esters is 1. The summed E-state index contributed by atoms with van der Waals surface area (Å²) in [6.45, 7) is 8.73. The predicted octanol–water partition coefficient (Wildman–Crippen LogP) is 4.13. The molecule has 3 aromatic rings. The Bertz CT molecular complexity index is 1140. The summed E-state index contributed by atoms with van der Waals surface area (Å²) in [7, 11) is 0. The number of benzene rings is 1. The lowest BCUT2D eigenvalue weighted by atomic mass is 10.1. The van der Waals surface area contributed by atoms with Gasteiger partial charge in [0.2, 0.25) is 5.78 Å². The molecule has 0 N–H and O–H groups in total. The molecule has 0 saturated carbocycles. The third kappa shape index (κ3) is 4.25. The smallest absolute Gasteiger partial charge is 0.342 e. The highest BCUT2D eigenvalue weighted by Gasteiger charge is 2.24. The zero-order valence-corrected chi connectivity index (χ0v) is 19.1. The Morgan fingerprint density at radius 1 is 1.12 bits per heavy atom. The van der Waals surface area contributed by atoms with E-state index in [1.165, 1.54) is 0 Å². The van der Waals surface area contributed by atoms with E-state index in [1.54, 1.807) is 11.6 Å². The molecule has 32 heavy (non-hydrogen) atoms. The van der Waals surface area contributed by atoms with Gasteiger partial charge in [-0.05, 0) is 58.7 Å². The lowest BCUT2D eigenvalue weighted by molar-refractivity contribution is 0.0473. The van der Waals surface area contributed by atoms with Crippen molar-refractivity contribution in [3.63, 3.8) is 0 Å². The van der Waals surface area contributed by atoms with Crippen molar-refractivity contribution in [2.75, 3.05) is 13.2 Å². The van der Waals surface area contributed by atoms with Crippen molar-refractivity contribution in [2.24, 2.45) is 0 Å². The van der Waals surface area contributed by atoms with Crippen molar-refractivity contribution in [1.82, 2.24) is 14.3 Å². The molecular weight excluding hydrogens is 406 g/mol. The Hall–Kier alpha value is -3.19. The molecule has 0 bridgehead atoms. The largest absolute Gasteiger partial charge is 0.454 e. The van der Waals surface area contributed by atoms with Gasteiger partial charge in [-0.25, -0.2) is 9.48 Å². The summed E-state index contributed by atoms with van der Waals surface area (Å²) in [5, 5.41) is 4.48. The molecular formula is C25H29N3O4. The van der Waals surface area contributed by atoms with Crippen LogP contribution in [0.25, 0.3) is 5.69 Å². The number of Topliss-reactive ketones (excluding diaryl/α,β-unsaturated/α-hetero) is 1. The Balaban J connectivity index is 1.46. The van der Waals surface area contributed by atoms with Gasteiger partial charge in [0, 0.05) is 30.1 Å². The molecule has 2 aromatic heterocycles. The molecule has 7 nitrogen and oxygen atoms in total. The van der Waals surface area contributed by atoms with E-state index in [-0.39, 0.29) is 18.5 Å². The summed E-state index contributed by atoms with van der Waals surface area (Å²) >= 11 is 0. The number of aryl methyl sites for hydroxylation is 2. The van der Waals surface area contributed by atoms with E-state index in [0.717, 1.165) is 43.1 Å². The second-order valence-electron chi connectivity index (χ2n) is 8.32. The summed E-state index contributed by atoms with van der Waals surface area (Å²) in [5.41, 5.74) is 4.97. The van der Waals surface area contributed by atoms with Crippen molar-refractivity contribution in [1.29, 1.82) is 0 Å². The summed E-state index contributed by atoms with van der Waals surface area (Å²) < 4.78 is 15.0. The molecule has 0 unspecified atom stereocenters. The maximum Gasteiger partial charge on any atom is 0.342 e. The zero-order valence-electron chi connectivity index (χ0n) is 19.1. The number of aromatic nitrogens is 3. The van der Waals surface area contributed by atoms with E-state index in [0.29, 0.717) is 22.5 Å². The minimum Gasteiger partial charge on any atom is -0.454 e. The highest BCUT2D eigenvalue weighted by molar-refractivity contribution is 6.00. The molecule has 0 aliphatic carbocycles. The molecule has 1 saturated heterocycles. The molecule has 1 fully saturated rings. The number of para-hydroxylation sites is 1. The maximum atomic E-state index is 12.9. The number of rotatable bonds is 7. The van der Waals surface area contributed by atoms with Gasteiger partial charge < -0.3 is 14.0 Å². The first-order chi connectivity index (χ1) is 15.4. The Morgan fingerprint density at radius 2 is 1.88 bits per heavy atom. The highest BCUT2D eigenvalue weighted by atomic mass is 16.5. The van der Waals surface area contributed by atoms with Crippen molar-refractivity contribution < 1.29 is 19.1 Å². The zero-order chi connectivity index (χ0) is 22.8. The highest BCUT2D eigenvalue weighted by Crippen LogP contribution is 2.22. The summed E-state index contributed by atoms with van der Waals surface area (Å²) in [6.07, 6.45) is 2.30. The van der Waals surface area contributed by atoms with Gasteiger partial charge in [-0.1, -0.05) is 18.2 Å². The first kappa shape index (κ1) is 22.0. The van der Waals surface area contributed by atoms with Crippen LogP contribution in [0.5, 0.6) is 0 Å². The SMILES string of the molecule is Cc1nn(-c2ccccc2)c(C)c1C(=O)OCC(=O)c1cc(C)n(C[C@H]2CCCO2)c1C. The lowest BCUT2D eigenvalue weighted by Gasteiger charge is -2.14. The molecule has 4 rings (SSSR count). The van der Waals surface area contributed by atoms with Crippen LogP contribution in [0.1, 0.15) is 56.3 Å². The molecule has 168 valence electrons. The molecule has 0 radical (unpaired) electrons. The quantitative estimate of drug-likeness (QED) is 0.412. The number of nitrogens with zero attached hydrogens (tertiary/aromatic N) is 3. The average molecular weight is 436 g/mol. The molecule has 3 heterocycles. The Kier molecular flexibility index (Phi) is 6.28. The first-order valence-electron chi connectivity index (χ1n) is 11.0. The van der Waals surface area contributed by atoms with Crippen molar-refractivity contribution >= 4 is 11.8 Å². The van der Waals surface area contributed by atoms with Gasteiger partial charge in [-0.15, -0.1) is 0 Å². The van der Waals surface area contributed by atoms with Crippen LogP contribution in [0.15, 0.2) is 36.4 Å². The monoisotopic (exact) mass is 435 g/mol. The third-order valence-electron chi connectivity index (χ3n) is 6.11. The van der Waals surface area contributed by atoms with Crippen LogP contribution in [0.4, 0.5) is 0 Å². The van der Waals surface area contributed by atoms with Crippen LogP contribution in [-0.4, -0.2) is 45.4 Å². The summed E-state index contributed by atoms with van der Waals surface area (Å²) in [4.78, 5) is 25.7. The van der Waals surface area contributed by atoms with Gasteiger partial charge in [0.15, 0.2) is 6.61 Å². The lowest BCUT2D eigenvalue weighted by Crippen LogP contribution is -2.18. The minimum absolute atomic E-state index is 0.188. The Labute approximate surface area is 187 Å². The van der Waals surface area contributed by atoms with Gasteiger partial charge in [0.1, 0.15) is 5.56 Å². The van der Waals surface area contributed by atoms with Gasteiger partial charge >= 0.3 is 5.97 Å². The fraction of sp³-hybridized carbons (Fsp3) is 0.400. The van der Waals surface area contributed by atoms with E-state index >= 15 is 0 Å². The Morgan fingerprint density at radius 3 is 2.56 bits per heavy atom. The van der Waals surface area contributed by atoms with E-state index in [9.17, 15) is 9.59 Å². The predicted molar refractivity (Wildman–Crippen MR) is 121 cm³/mol. The van der Waals surface area contributed by atoms with Crippen molar-refractivity contribution in [3.8, 4) is 5.69 Å². The van der Waals surface area contributed by atoms with E-state index in [4.69, 9.17) is 9.47 Å². The summed E-state index contributed by atoms with van der Waals surface area (Å²) in [5.74, 6) is -0.750. The number of ketones is 1. The van der Waals surface area contributed by atoms with E-state index < -0.39 is 5.97 Å². The fourth-order valence-corrected chi connectivity index (χ4v) is 4.40. The van der Waals surface area contributed by atoms with Gasteiger partial charge in [-0.2, -0.15) is 5.10 Å². The number of hydrogen-bond acceptors (Lipinski definition) is 5. The van der Waals surface area contributed by atoms with Gasteiger partial charge in [0.05, 0.1) is 23.2 Å². The maximum absolute atomic E-state index is 12.9. The summed E-state index contributed by atoms with van der Waals surface area (Å²) in [6, 6.07) is 11.5. The number of ether oxygens (including phenoxy) is 2. The second-order valence-corrected chi connectivity index (χ2v) is 8.32. The molecule has 0 amide bonds. The van der Waals surface area contributed by atoms with Crippen LogP contribution >= 0.6 is 0 Å². The van der Waals surface area contributed by atoms with Crippen LogP contribution in [0.3, 0.4) is 0 Å². The molecule has 1 aliphatic heterocycles. The number of carbonyl (C=O) groups excluding carboxylic acids is 2. The average Bonchev–Trinajstić information content (AvgIpc) is 3.47. The molecule has 0 spiro atoms. The standard InChI is InChI=1S/C25H29N3O4/c1-16-13-22(18(3)27(16)14-21-11-8-12-31-21)23(29)15-32-25(30)24-17(2)26-28(19(24)4)20-9-6-5-7-10-20/h5-7,9-10,13,21H,8,11-12,14-15H2,1-4H3/t21-/m1/s1. The van der Waals surface area contributed by atoms with Crippen LogP contribution in [0.2, 0.25) is 0 Å². The number of carbonyl (C=O) groups is 2. The van der Waals surface area contributed by atoms with Crippen LogP contribution in [0, 0.1) is 27.7 Å². The van der Waals surface area contributed by atoms with Crippen molar-refractivity contribution in [2.45, 2.75) is 53.2 Å². The minimum atomic E-state index is -0.538. The van der Waals surface area contributed by atoms with Gasteiger partial charge in [-0.3, -0.25) is 4.79 Å². The van der Waals surface area contributed by atoms with Crippen molar-refractivity contribution in [3.05, 3.63) is 70.3 Å². The molecule has 7 heteroatoms. The van der Waals surface area contributed by atoms with E-state index in [2.05, 4.69) is 9.67 Å². The number of hydrogen-bond donors (Lipinski definition) is 0. The first-order valence-corrected chi connectivity index (χ1v) is 11.0. The van der Waals surface area contributed by atoms with E-state index in [1.807, 2.05) is 57.2 Å². The normalized spacial score (nSPS) is 15.8. The van der Waals surface area contributed by atoms with Gasteiger partial charge in [0.25, 0.3) is 0 Å². The topological polar surface area (TPSA) is 75.4 Å². The molecule has 1 aromatic carbocycles. The van der Waals surface area contributed by atoms with Crippen LogP contribution in [-0.2, 0) is 16.0 Å². The molecule has 1 atom stereocenters. The molecule has 1 aliphatic rings. The third-order valence-corrected chi connectivity index (χ3v) is 6.11.